The van der Waals surface area contributed by atoms with E-state index in [1.165, 1.54) is 4.90 Å². The van der Waals surface area contributed by atoms with Gasteiger partial charge in [-0.1, -0.05) is 22.0 Å². The summed E-state index contributed by atoms with van der Waals surface area (Å²) in [7, 11) is 0. The molecule has 6 heteroatoms. The Morgan fingerprint density at radius 1 is 1.50 bits per heavy atom. The van der Waals surface area contributed by atoms with Crippen molar-refractivity contribution in [1.29, 1.82) is 0 Å². The van der Waals surface area contributed by atoms with Crippen molar-refractivity contribution in [3.63, 3.8) is 0 Å². The molecule has 108 valence electrons. The fourth-order valence-electron chi connectivity index (χ4n) is 2.32. The van der Waals surface area contributed by atoms with E-state index in [1.807, 2.05) is 12.1 Å². The molecule has 1 aromatic carbocycles. The largest absolute Gasteiger partial charge is 0.481 e. The average Bonchev–Trinajstić information content (AvgIpc) is 2.87. The number of nitrogens with zero attached hydrogens (tertiary/aromatic N) is 1. The Balaban J connectivity index is 2.03. The number of carbonyl (C=O) groups is 2. The van der Waals surface area contributed by atoms with Gasteiger partial charge in [-0.2, -0.15) is 0 Å². The Morgan fingerprint density at radius 2 is 2.25 bits per heavy atom. The Bertz CT molecular complexity index is 520. The van der Waals surface area contributed by atoms with E-state index in [1.54, 1.807) is 19.1 Å². The number of hydrogen-bond donors (Lipinski definition) is 1. The topological polar surface area (TPSA) is 66.8 Å². The van der Waals surface area contributed by atoms with Crippen LogP contribution in [0.2, 0.25) is 0 Å². The number of aliphatic carboxylic acids is 1. The van der Waals surface area contributed by atoms with E-state index in [0.29, 0.717) is 25.1 Å². The number of ether oxygens (including phenoxy) is 1. The summed E-state index contributed by atoms with van der Waals surface area (Å²) in [5, 5.41) is 9.10. The number of carboxylic acid groups (broad SMARTS) is 1. The van der Waals surface area contributed by atoms with Crippen LogP contribution in [0.15, 0.2) is 28.7 Å². The lowest BCUT2D eigenvalue weighted by molar-refractivity contribution is -0.150. The zero-order valence-electron chi connectivity index (χ0n) is 11.1. The van der Waals surface area contributed by atoms with E-state index < -0.39 is 18.1 Å². The van der Waals surface area contributed by atoms with Crippen LogP contribution in [0.1, 0.15) is 19.8 Å². The first-order chi connectivity index (χ1) is 9.49. The zero-order chi connectivity index (χ0) is 14.7. The SMILES string of the molecule is CC(Oc1cccc(Br)c1)C(=O)N1CCC[C@@H]1C(=O)O. The van der Waals surface area contributed by atoms with E-state index in [2.05, 4.69) is 15.9 Å². The van der Waals surface area contributed by atoms with Crippen molar-refractivity contribution in [3.8, 4) is 5.75 Å². The van der Waals surface area contributed by atoms with Crippen molar-refractivity contribution in [2.45, 2.75) is 31.9 Å². The molecule has 20 heavy (non-hydrogen) atoms. The summed E-state index contributed by atoms with van der Waals surface area (Å²) < 4.78 is 6.44. The summed E-state index contributed by atoms with van der Waals surface area (Å²) >= 11 is 3.33. The molecule has 1 fully saturated rings. The van der Waals surface area contributed by atoms with E-state index in [-0.39, 0.29) is 5.91 Å². The highest BCUT2D eigenvalue weighted by Gasteiger charge is 2.36. The van der Waals surface area contributed by atoms with Crippen molar-refractivity contribution >= 4 is 27.8 Å². The van der Waals surface area contributed by atoms with Crippen LogP contribution < -0.4 is 4.74 Å². The summed E-state index contributed by atoms with van der Waals surface area (Å²) in [4.78, 5) is 24.8. The monoisotopic (exact) mass is 341 g/mol. The van der Waals surface area contributed by atoms with E-state index in [9.17, 15) is 9.59 Å². The summed E-state index contributed by atoms with van der Waals surface area (Å²) in [6.07, 6.45) is 0.515. The van der Waals surface area contributed by atoms with Gasteiger partial charge in [0.25, 0.3) is 5.91 Å². The van der Waals surface area contributed by atoms with Gasteiger partial charge >= 0.3 is 5.97 Å². The molecule has 1 N–H and O–H groups in total. The lowest BCUT2D eigenvalue weighted by Gasteiger charge is -2.25. The highest BCUT2D eigenvalue weighted by atomic mass is 79.9. The molecule has 0 saturated carbocycles. The lowest BCUT2D eigenvalue weighted by atomic mass is 10.2. The molecule has 1 amide bonds. The number of likely N-dealkylation sites (tertiary alicyclic amines) is 1. The molecule has 5 nitrogen and oxygen atoms in total. The van der Waals surface area contributed by atoms with E-state index >= 15 is 0 Å². The van der Waals surface area contributed by atoms with Crippen LogP contribution in [0.25, 0.3) is 0 Å². The molecule has 0 spiro atoms. The molecule has 1 aromatic rings. The second-order valence-corrected chi connectivity index (χ2v) is 5.66. The molecule has 1 heterocycles. The number of carboxylic acids is 1. The highest BCUT2D eigenvalue weighted by Crippen LogP contribution is 2.22. The lowest BCUT2D eigenvalue weighted by Crippen LogP contribution is -2.46. The van der Waals surface area contributed by atoms with Crippen LogP contribution in [0.5, 0.6) is 5.75 Å². The Kier molecular flexibility index (Phi) is 4.65. The molecule has 0 aliphatic carbocycles. The maximum absolute atomic E-state index is 12.3. The minimum absolute atomic E-state index is 0.283. The van der Waals surface area contributed by atoms with E-state index in [0.717, 1.165) is 4.47 Å². The molecular formula is C14H16BrNO4. The zero-order valence-corrected chi connectivity index (χ0v) is 12.7. The maximum Gasteiger partial charge on any atom is 0.326 e. The molecule has 2 rings (SSSR count). The standard InChI is InChI=1S/C14H16BrNO4/c1-9(20-11-5-2-4-10(15)8-11)13(17)16-7-3-6-12(16)14(18)19/h2,4-5,8-9,12H,3,6-7H2,1H3,(H,18,19)/t9?,12-/m1/s1. The summed E-state index contributed by atoms with van der Waals surface area (Å²) in [5.41, 5.74) is 0. The molecule has 0 bridgehead atoms. The van der Waals surface area contributed by atoms with Gasteiger partial charge in [-0.15, -0.1) is 0 Å². The molecule has 0 aromatic heterocycles. The van der Waals surface area contributed by atoms with Gasteiger partial charge < -0.3 is 14.7 Å². The van der Waals surface area contributed by atoms with E-state index in [4.69, 9.17) is 9.84 Å². The molecule has 2 atom stereocenters. The van der Waals surface area contributed by atoms with Crippen LogP contribution in [0, 0.1) is 0 Å². The second kappa shape index (κ2) is 6.26. The van der Waals surface area contributed by atoms with Crippen molar-refractivity contribution in [2.24, 2.45) is 0 Å². The normalized spacial score (nSPS) is 19.7. The number of hydrogen-bond acceptors (Lipinski definition) is 3. The van der Waals surface area contributed by atoms with Crippen molar-refractivity contribution in [2.75, 3.05) is 6.54 Å². The molecule has 0 radical (unpaired) electrons. The fourth-order valence-corrected chi connectivity index (χ4v) is 2.69. The van der Waals surface area contributed by atoms with Crippen molar-refractivity contribution in [3.05, 3.63) is 28.7 Å². The third kappa shape index (κ3) is 3.30. The first kappa shape index (κ1) is 14.8. The van der Waals surface area contributed by atoms with Gasteiger partial charge in [0.05, 0.1) is 0 Å². The van der Waals surface area contributed by atoms with Crippen molar-refractivity contribution in [1.82, 2.24) is 4.90 Å². The van der Waals surface area contributed by atoms with Gasteiger partial charge in [-0.3, -0.25) is 4.79 Å². The van der Waals surface area contributed by atoms with Crippen LogP contribution in [-0.4, -0.2) is 40.6 Å². The Morgan fingerprint density at radius 3 is 2.90 bits per heavy atom. The average molecular weight is 342 g/mol. The van der Waals surface area contributed by atoms with Gasteiger partial charge in [-0.05, 0) is 38.0 Å². The van der Waals surface area contributed by atoms with Gasteiger partial charge in [0.1, 0.15) is 11.8 Å². The molecule has 1 saturated heterocycles. The summed E-state index contributed by atoms with van der Waals surface area (Å²) in [5.74, 6) is -0.660. The number of carbonyl (C=O) groups excluding carboxylic acids is 1. The van der Waals surface area contributed by atoms with Gasteiger partial charge in [0.15, 0.2) is 6.10 Å². The highest BCUT2D eigenvalue weighted by molar-refractivity contribution is 9.10. The Hall–Kier alpha value is -1.56. The van der Waals surface area contributed by atoms with Gasteiger partial charge in [0.2, 0.25) is 0 Å². The number of amides is 1. The summed E-state index contributed by atoms with van der Waals surface area (Å²) in [6.45, 7) is 2.11. The van der Waals surface area contributed by atoms with Crippen LogP contribution in [0.4, 0.5) is 0 Å². The summed E-state index contributed by atoms with van der Waals surface area (Å²) in [6, 6.07) is 6.47. The molecule has 1 aliphatic rings. The predicted octanol–water partition coefficient (Wildman–Crippen LogP) is 2.29. The smallest absolute Gasteiger partial charge is 0.326 e. The molecule has 1 aliphatic heterocycles. The van der Waals surface area contributed by atoms with Crippen LogP contribution in [-0.2, 0) is 9.59 Å². The molecular weight excluding hydrogens is 326 g/mol. The number of halogens is 1. The van der Waals surface area contributed by atoms with Crippen LogP contribution >= 0.6 is 15.9 Å². The maximum atomic E-state index is 12.3. The number of benzene rings is 1. The number of rotatable bonds is 4. The second-order valence-electron chi connectivity index (χ2n) is 4.75. The van der Waals surface area contributed by atoms with Crippen molar-refractivity contribution < 1.29 is 19.4 Å². The third-order valence-electron chi connectivity index (χ3n) is 3.28. The quantitative estimate of drug-likeness (QED) is 0.912. The van der Waals surface area contributed by atoms with Crippen LogP contribution in [0.3, 0.4) is 0 Å². The minimum atomic E-state index is -0.953. The fraction of sp³-hybridized carbons (Fsp3) is 0.429. The first-order valence-corrected chi connectivity index (χ1v) is 7.24. The van der Waals surface area contributed by atoms with Gasteiger partial charge in [0, 0.05) is 11.0 Å². The predicted molar refractivity (Wildman–Crippen MR) is 76.6 cm³/mol. The Labute approximate surface area is 125 Å². The minimum Gasteiger partial charge on any atom is -0.481 e. The molecule has 1 unspecified atom stereocenters. The third-order valence-corrected chi connectivity index (χ3v) is 3.77. The van der Waals surface area contributed by atoms with Gasteiger partial charge in [-0.25, -0.2) is 4.79 Å². The first-order valence-electron chi connectivity index (χ1n) is 6.44.